The van der Waals surface area contributed by atoms with Crippen molar-refractivity contribution in [2.75, 3.05) is 5.32 Å². The molecule has 0 heterocycles. The zero-order valence-electron chi connectivity index (χ0n) is 20.1. The first-order valence-electron chi connectivity index (χ1n) is 11.3. The van der Waals surface area contributed by atoms with Crippen molar-refractivity contribution >= 4 is 76.6 Å². The summed E-state index contributed by atoms with van der Waals surface area (Å²) in [6.45, 7) is 0. The predicted octanol–water partition coefficient (Wildman–Crippen LogP) is 6.27. The van der Waals surface area contributed by atoms with E-state index in [0.29, 0.717) is 16.5 Å². The SMILES string of the molecule is O=S(O)c1cc(N=Nc2ccc(Nc3ccccc3)c3c(S(=O)O)cccc23)c2c(O)cc(S(=O)(=O)O)cc2c1. The van der Waals surface area contributed by atoms with Crippen molar-refractivity contribution in [3.63, 3.8) is 0 Å². The van der Waals surface area contributed by atoms with E-state index in [9.17, 15) is 35.6 Å². The van der Waals surface area contributed by atoms with Crippen molar-refractivity contribution in [2.24, 2.45) is 10.2 Å². The normalized spacial score (nSPS) is 13.6. The maximum Gasteiger partial charge on any atom is 0.294 e. The van der Waals surface area contributed by atoms with Gasteiger partial charge in [-0.05, 0) is 53.9 Å². The molecule has 0 amide bonds. The summed E-state index contributed by atoms with van der Waals surface area (Å²) >= 11 is -4.83. The number of nitrogens with zero attached hydrogens (tertiary/aromatic N) is 2. The highest BCUT2D eigenvalue weighted by Gasteiger charge is 2.18. The third-order valence-corrected chi connectivity index (χ3v) is 8.13. The maximum absolute atomic E-state index is 12.2. The smallest absolute Gasteiger partial charge is 0.294 e. The standard InChI is InChI=1S/C26H19N3O8S3/c30-23-14-18(40(35,36)37)12-15-11-17(38(31)32)13-22(25(15)23)29-28-20-9-10-21(27-16-5-2-1-3-6-16)26-19(20)7-4-8-24(26)39(33)34/h1-14,27,30H,(H,31,32)(H,33,34)(H,35,36,37). The van der Waals surface area contributed by atoms with Crippen LogP contribution in [0.1, 0.15) is 0 Å². The molecule has 0 bridgehead atoms. The highest BCUT2D eigenvalue weighted by atomic mass is 32.2. The zero-order chi connectivity index (χ0) is 28.6. The molecular formula is C26H19N3O8S3. The maximum atomic E-state index is 12.2. The van der Waals surface area contributed by atoms with Crippen LogP contribution in [0.2, 0.25) is 0 Å². The lowest BCUT2D eigenvalue weighted by Crippen LogP contribution is -1.98. The van der Waals surface area contributed by atoms with E-state index in [1.807, 2.05) is 30.3 Å². The first-order chi connectivity index (χ1) is 19.0. The van der Waals surface area contributed by atoms with Gasteiger partial charge >= 0.3 is 0 Å². The van der Waals surface area contributed by atoms with E-state index in [2.05, 4.69) is 15.5 Å². The summed E-state index contributed by atoms with van der Waals surface area (Å²) in [6.07, 6.45) is 0. The van der Waals surface area contributed by atoms with Crippen molar-refractivity contribution in [1.29, 1.82) is 0 Å². The monoisotopic (exact) mass is 597 g/mol. The Hall–Kier alpha value is -4.05. The van der Waals surface area contributed by atoms with E-state index in [-0.39, 0.29) is 31.9 Å². The topological polar surface area (TPSA) is 186 Å². The number of hydrogen-bond acceptors (Lipinski definition) is 8. The molecule has 0 aliphatic heterocycles. The Labute approximate surface area is 232 Å². The van der Waals surface area contributed by atoms with Crippen LogP contribution in [-0.2, 0) is 32.3 Å². The molecule has 0 spiro atoms. The third-order valence-electron chi connectivity index (χ3n) is 5.94. The Kier molecular flexibility index (Phi) is 7.46. The quantitative estimate of drug-likeness (QED) is 0.0819. The molecule has 40 heavy (non-hydrogen) atoms. The minimum atomic E-state index is -4.68. The molecule has 0 fully saturated rings. The summed E-state index contributed by atoms with van der Waals surface area (Å²) in [4.78, 5) is -0.636. The van der Waals surface area contributed by atoms with Crippen LogP contribution >= 0.6 is 0 Å². The van der Waals surface area contributed by atoms with E-state index in [1.165, 1.54) is 18.2 Å². The summed E-state index contributed by atoms with van der Waals surface area (Å²) in [7, 11) is -4.68. The van der Waals surface area contributed by atoms with Gasteiger partial charge in [-0.25, -0.2) is 8.42 Å². The second-order valence-electron chi connectivity index (χ2n) is 8.46. The molecule has 0 radical (unpaired) electrons. The molecule has 5 N–H and O–H groups in total. The summed E-state index contributed by atoms with van der Waals surface area (Å²) in [5.74, 6) is -0.556. The molecule has 0 aliphatic rings. The molecule has 0 aliphatic carbocycles. The minimum absolute atomic E-state index is 0.0201. The summed E-state index contributed by atoms with van der Waals surface area (Å²) in [5.41, 5.74) is 1.50. The number of phenolic OH excluding ortho intramolecular Hbond substituents is 1. The summed E-state index contributed by atoms with van der Waals surface area (Å²) in [5, 5.41) is 23.2. The van der Waals surface area contributed by atoms with Crippen LogP contribution in [0, 0.1) is 0 Å². The summed E-state index contributed by atoms with van der Waals surface area (Å²) < 4.78 is 76.4. The van der Waals surface area contributed by atoms with Gasteiger partial charge < -0.3 is 19.5 Å². The van der Waals surface area contributed by atoms with Gasteiger partial charge in [-0.3, -0.25) is 4.55 Å². The lowest BCUT2D eigenvalue weighted by atomic mass is 10.1. The minimum Gasteiger partial charge on any atom is -0.507 e. The molecule has 204 valence electrons. The second kappa shape index (κ2) is 10.8. The lowest BCUT2D eigenvalue weighted by Gasteiger charge is -2.13. The number of benzene rings is 5. The number of hydrogen-bond donors (Lipinski definition) is 5. The number of fused-ring (bicyclic) bond motifs is 2. The first-order valence-corrected chi connectivity index (χ1v) is 15.0. The van der Waals surface area contributed by atoms with E-state index in [4.69, 9.17) is 0 Å². The molecule has 5 rings (SSSR count). The third kappa shape index (κ3) is 5.49. The Morgan fingerprint density at radius 3 is 2.15 bits per heavy atom. The molecule has 14 heteroatoms. The van der Waals surface area contributed by atoms with E-state index >= 15 is 0 Å². The number of azo groups is 1. The van der Waals surface area contributed by atoms with E-state index in [1.54, 1.807) is 24.3 Å². The molecular weight excluding hydrogens is 579 g/mol. The average molecular weight is 598 g/mol. The average Bonchev–Trinajstić information content (AvgIpc) is 2.91. The number of para-hydroxylation sites is 1. The van der Waals surface area contributed by atoms with Crippen LogP contribution in [0.3, 0.4) is 0 Å². The van der Waals surface area contributed by atoms with Gasteiger partial charge in [0.15, 0.2) is 22.2 Å². The van der Waals surface area contributed by atoms with Gasteiger partial charge in [0.05, 0.1) is 31.4 Å². The molecule has 2 unspecified atom stereocenters. The first kappa shape index (κ1) is 27.5. The lowest BCUT2D eigenvalue weighted by molar-refractivity contribution is 0.471. The highest BCUT2D eigenvalue weighted by molar-refractivity contribution is 7.85. The predicted molar refractivity (Wildman–Crippen MR) is 151 cm³/mol. The molecule has 11 nitrogen and oxygen atoms in total. The van der Waals surface area contributed by atoms with E-state index in [0.717, 1.165) is 17.8 Å². The largest absolute Gasteiger partial charge is 0.507 e. The molecule has 5 aromatic rings. The fourth-order valence-corrected chi connectivity index (χ4v) is 5.79. The second-order valence-corrected chi connectivity index (χ2v) is 11.8. The number of aromatic hydroxyl groups is 1. The van der Waals surface area contributed by atoms with Gasteiger partial charge in [0.1, 0.15) is 5.75 Å². The number of anilines is 2. The van der Waals surface area contributed by atoms with Gasteiger partial charge in [-0.2, -0.15) is 8.42 Å². The van der Waals surface area contributed by atoms with Crippen molar-refractivity contribution in [1.82, 2.24) is 0 Å². The van der Waals surface area contributed by atoms with Gasteiger partial charge in [0.25, 0.3) is 10.1 Å². The Bertz CT molecular complexity index is 1980. The van der Waals surface area contributed by atoms with Gasteiger partial charge in [0, 0.05) is 28.2 Å². The van der Waals surface area contributed by atoms with Crippen LogP contribution in [0.25, 0.3) is 21.5 Å². The number of phenols is 1. The fraction of sp³-hybridized carbons (Fsp3) is 0. The van der Waals surface area contributed by atoms with Gasteiger partial charge in [-0.15, -0.1) is 10.2 Å². The fourth-order valence-electron chi connectivity index (χ4n) is 4.22. The molecule has 0 aromatic heterocycles. The van der Waals surface area contributed by atoms with Crippen LogP contribution in [0.4, 0.5) is 22.7 Å². The van der Waals surface area contributed by atoms with E-state index < -0.39 is 42.9 Å². The van der Waals surface area contributed by atoms with Crippen molar-refractivity contribution in [2.45, 2.75) is 14.7 Å². The zero-order valence-corrected chi connectivity index (χ0v) is 22.6. The molecule has 2 atom stereocenters. The molecule has 0 saturated carbocycles. The van der Waals surface area contributed by atoms with Crippen LogP contribution in [0.15, 0.2) is 110 Å². The number of nitrogens with one attached hydrogen (secondary N) is 1. The highest BCUT2D eigenvalue weighted by Crippen LogP contribution is 2.41. The van der Waals surface area contributed by atoms with Crippen molar-refractivity contribution in [3.8, 4) is 5.75 Å². The van der Waals surface area contributed by atoms with Crippen LogP contribution in [-0.4, -0.2) is 35.6 Å². The van der Waals surface area contributed by atoms with Gasteiger partial charge in [-0.1, -0.05) is 30.3 Å². The van der Waals surface area contributed by atoms with Crippen LogP contribution in [0.5, 0.6) is 5.75 Å². The molecule has 5 aromatic carbocycles. The Balaban J connectivity index is 1.70. The van der Waals surface area contributed by atoms with Crippen LogP contribution < -0.4 is 5.32 Å². The summed E-state index contributed by atoms with van der Waals surface area (Å²) in [6, 6.07) is 21.5. The molecule has 0 saturated heterocycles. The van der Waals surface area contributed by atoms with Crippen molar-refractivity contribution < 1.29 is 35.6 Å². The van der Waals surface area contributed by atoms with Crippen molar-refractivity contribution in [3.05, 3.63) is 84.9 Å². The number of rotatable bonds is 7. The Morgan fingerprint density at radius 1 is 0.750 bits per heavy atom. The Morgan fingerprint density at radius 2 is 1.48 bits per heavy atom. The van der Waals surface area contributed by atoms with Gasteiger partial charge in [0.2, 0.25) is 0 Å².